The van der Waals surface area contributed by atoms with Crippen molar-refractivity contribution in [2.75, 3.05) is 18.8 Å². The Morgan fingerprint density at radius 1 is 1.10 bits per heavy atom. The Kier molecular flexibility index (Phi) is 3.95. The number of pyridine rings is 1. The fraction of sp³-hybridized carbons (Fsp3) is 0.150. The molecule has 3 N–H and O–H groups in total. The van der Waals surface area contributed by atoms with Crippen LogP contribution in [0.1, 0.15) is 6.04 Å². The second kappa shape index (κ2) is 6.52. The monoisotopic (exact) mass is 460 g/mol. The first-order valence-electron chi connectivity index (χ1n) is 9.33. The highest BCUT2D eigenvalue weighted by atomic mass is 35.5. The topological polar surface area (TPSA) is 81.7 Å². The van der Waals surface area contributed by atoms with Gasteiger partial charge in [-0.25, -0.2) is 18.2 Å². The van der Waals surface area contributed by atoms with Gasteiger partial charge >= 0.3 is 0 Å². The summed E-state index contributed by atoms with van der Waals surface area (Å²) in [7, 11) is 0. The summed E-state index contributed by atoms with van der Waals surface area (Å²) in [6, 6.07) is 2.36. The van der Waals surface area contributed by atoms with Gasteiger partial charge in [-0.15, -0.1) is 0 Å². The number of fused-ring (bicyclic) bond motifs is 4. The van der Waals surface area contributed by atoms with E-state index in [1.807, 2.05) is 4.68 Å². The van der Waals surface area contributed by atoms with E-state index >= 15 is 4.39 Å². The summed E-state index contributed by atoms with van der Waals surface area (Å²) in [6.07, 6.45) is 3.19. The summed E-state index contributed by atoms with van der Waals surface area (Å²) in [5.74, 6) is -2.62. The molecule has 1 saturated heterocycles. The van der Waals surface area contributed by atoms with Gasteiger partial charge in [-0.05, 0) is 6.07 Å². The number of halogens is 4. The van der Waals surface area contributed by atoms with Crippen molar-refractivity contribution in [2.45, 2.75) is 6.04 Å². The van der Waals surface area contributed by atoms with Crippen LogP contribution < -0.4 is 11.1 Å². The molecule has 0 spiro atoms. The van der Waals surface area contributed by atoms with Crippen molar-refractivity contribution in [2.24, 2.45) is 0 Å². The molecule has 1 aliphatic heterocycles. The fourth-order valence-electron chi connectivity index (χ4n) is 4.02. The third-order valence-corrected chi connectivity index (χ3v) is 6.74. The summed E-state index contributed by atoms with van der Waals surface area (Å²) in [5.41, 5.74) is 5.87. The van der Waals surface area contributed by atoms with Crippen LogP contribution in [0, 0.1) is 17.5 Å². The van der Waals surface area contributed by atoms with Crippen molar-refractivity contribution in [3.8, 4) is 11.1 Å². The molecule has 1 fully saturated rings. The second-order valence-electron chi connectivity index (χ2n) is 7.35. The minimum atomic E-state index is -0.984. The van der Waals surface area contributed by atoms with Crippen molar-refractivity contribution in [3.63, 3.8) is 0 Å². The zero-order chi connectivity index (χ0) is 21.4. The van der Waals surface area contributed by atoms with Gasteiger partial charge < -0.3 is 11.1 Å². The van der Waals surface area contributed by atoms with Gasteiger partial charge in [0.15, 0.2) is 10.9 Å². The SMILES string of the molecule is Nc1nc2c(-c3c(Cl)cc4c(ncc5cnn(C6CNC6)c54)c3F)c(F)cc(F)c2s1. The van der Waals surface area contributed by atoms with E-state index in [1.165, 1.54) is 6.20 Å². The number of rotatable bonds is 2. The maximum atomic E-state index is 15.8. The first-order chi connectivity index (χ1) is 14.9. The molecule has 1 aliphatic rings. The van der Waals surface area contributed by atoms with Gasteiger partial charge in [-0.1, -0.05) is 22.9 Å². The highest BCUT2D eigenvalue weighted by molar-refractivity contribution is 7.22. The number of nitrogens with zero attached hydrogens (tertiary/aromatic N) is 4. The summed E-state index contributed by atoms with van der Waals surface area (Å²) in [4.78, 5) is 8.26. The number of nitrogen functional groups attached to an aromatic ring is 1. The Hall–Kier alpha value is -2.95. The van der Waals surface area contributed by atoms with Gasteiger partial charge in [-0.3, -0.25) is 9.67 Å². The Morgan fingerprint density at radius 2 is 1.90 bits per heavy atom. The summed E-state index contributed by atoms with van der Waals surface area (Å²) in [5, 5.41) is 8.80. The predicted octanol–water partition coefficient (Wildman–Crippen LogP) is 4.66. The van der Waals surface area contributed by atoms with Crippen molar-refractivity contribution < 1.29 is 13.2 Å². The number of thiazole rings is 1. The van der Waals surface area contributed by atoms with E-state index in [0.717, 1.165) is 29.8 Å². The van der Waals surface area contributed by atoms with Crippen molar-refractivity contribution >= 4 is 60.1 Å². The predicted molar refractivity (Wildman–Crippen MR) is 115 cm³/mol. The molecule has 0 unspecified atom stereocenters. The van der Waals surface area contributed by atoms with Crippen molar-refractivity contribution in [3.05, 3.63) is 47.0 Å². The Bertz CT molecular complexity index is 1540. The molecule has 5 aromatic rings. The molecule has 156 valence electrons. The van der Waals surface area contributed by atoms with Crippen molar-refractivity contribution in [1.82, 2.24) is 25.1 Å². The first kappa shape index (κ1) is 18.8. The van der Waals surface area contributed by atoms with E-state index in [1.54, 1.807) is 12.3 Å². The van der Waals surface area contributed by atoms with E-state index in [4.69, 9.17) is 17.3 Å². The van der Waals surface area contributed by atoms with E-state index in [-0.39, 0.29) is 43.1 Å². The highest BCUT2D eigenvalue weighted by Gasteiger charge is 2.27. The van der Waals surface area contributed by atoms with Crippen molar-refractivity contribution in [1.29, 1.82) is 0 Å². The van der Waals surface area contributed by atoms with Crippen LogP contribution in [0.25, 0.3) is 43.1 Å². The molecule has 6 rings (SSSR count). The smallest absolute Gasteiger partial charge is 0.181 e. The largest absolute Gasteiger partial charge is 0.375 e. The molecule has 6 nitrogen and oxygen atoms in total. The lowest BCUT2D eigenvalue weighted by Gasteiger charge is -2.28. The van der Waals surface area contributed by atoms with Crippen LogP contribution in [0.15, 0.2) is 24.5 Å². The molecule has 2 aromatic carbocycles. The molecule has 11 heteroatoms. The minimum Gasteiger partial charge on any atom is -0.375 e. The van der Waals surface area contributed by atoms with Crippen LogP contribution in [0.5, 0.6) is 0 Å². The van der Waals surface area contributed by atoms with E-state index < -0.39 is 17.5 Å². The molecule has 3 aromatic heterocycles. The van der Waals surface area contributed by atoms with Crippen LogP contribution >= 0.6 is 22.9 Å². The molecule has 0 radical (unpaired) electrons. The van der Waals surface area contributed by atoms with Gasteiger partial charge in [0, 0.05) is 47.3 Å². The summed E-state index contributed by atoms with van der Waals surface area (Å²) in [6.45, 7) is 1.50. The fourth-order valence-corrected chi connectivity index (χ4v) is 5.05. The molecular formula is C20H12ClF3N6S. The molecule has 4 heterocycles. The van der Waals surface area contributed by atoms with Crippen LogP contribution in [0.2, 0.25) is 5.02 Å². The lowest BCUT2D eigenvalue weighted by molar-refractivity contribution is 0.327. The van der Waals surface area contributed by atoms with Crippen LogP contribution in [0.3, 0.4) is 0 Å². The average Bonchev–Trinajstić information content (AvgIpc) is 3.27. The highest BCUT2D eigenvalue weighted by Crippen LogP contribution is 2.43. The van der Waals surface area contributed by atoms with Gasteiger partial charge in [0.2, 0.25) is 0 Å². The third kappa shape index (κ3) is 2.58. The van der Waals surface area contributed by atoms with Crippen LogP contribution in [-0.4, -0.2) is 32.8 Å². The number of benzene rings is 2. The Labute approximate surface area is 181 Å². The maximum absolute atomic E-state index is 15.8. The number of anilines is 1. The number of hydrogen-bond donors (Lipinski definition) is 2. The normalized spacial score (nSPS) is 14.7. The maximum Gasteiger partial charge on any atom is 0.181 e. The zero-order valence-corrected chi connectivity index (χ0v) is 17.2. The standard InChI is InChI=1S/C20H12ClF3N6S/c21-10-1-9-16(27-3-7-4-28-30(18(7)9)8-5-26-6-8)15(24)13(10)14-11(22)2-12(23)19-17(14)29-20(25)31-19/h1-4,8,26H,5-6H2,(H2,25,29). The average molecular weight is 461 g/mol. The molecule has 0 saturated carbocycles. The molecule has 0 aliphatic carbocycles. The van der Waals surface area contributed by atoms with Gasteiger partial charge in [0.05, 0.1) is 33.0 Å². The summed E-state index contributed by atoms with van der Waals surface area (Å²) >= 11 is 7.34. The van der Waals surface area contributed by atoms with Gasteiger partial charge in [0.25, 0.3) is 0 Å². The third-order valence-electron chi connectivity index (χ3n) is 5.55. The van der Waals surface area contributed by atoms with Gasteiger partial charge in [-0.2, -0.15) is 5.10 Å². The number of hydrogen-bond acceptors (Lipinski definition) is 6. The molecule has 0 atom stereocenters. The lowest BCUT2D eigenvalue weighted by atomic mass is 9.99. The minimum absolute atomic E-state index is 0.0148. The number of nitrogens with one attached hydrogen (secondary N) is 1. The zero-order valence-electron chi connectivity index (χ0n) is 15.6. The molecular weight excluding hydrogens is 449 g/mol. The van der Waals surface area contributed by atoms with Crippen LogP contribution in [0.4, 0.5) is 18.3 Å². The Morgan fingerprint density at radius 3 is 2.65 bits per heavy atom. The molecule has 0 bridgehead atoms. The Balaban J connectivity index is 1.70. The van der Waals surface area contributed by atoms with E-state index in [9.17, 15) is 8.78 Å². The molecule has 31 heavy (non-hydrogen) atoms. The second-order valence-corrected chi connectivity index (χ2v) is 8.79. The first-order valence-corrected chi connectivity index (χ1v) is 10.5. The number of nitrogens with two attached hydrogens (primary N) is 1. The quantitative estimate of drug-likeness (QED) is 0.400. The van der Waals surface area contributed by atoms with E-state index in [0.29, 0.717) is 17.0 Å². The number of aromatic nitrogens is 4. The lowest BCUT2D eigenvalue weighted by Crippen LogP contribution is -2.43. The summed E-state index contributed by atoms with van der Waals surface area (Å²) < 4.78 is 46.8. The van der Waals surface area contributed by atoms with Crippen LogP contribution in [-0.2, 0) is 0 Å². The molecule has 0 amide bonds. The van der Waals surface area contributed by atoms with Gasteiger partial charge in [0.1, 0.15) is 17.2 Å². The van der Waals surface area contributed by atoms with E-state index in [2.05, 4.69) is 20.4 Å².